The van der Waals surface area contributed by atoms with Gasteiger partial charge < -0.3 is 10.4 Å². The zero-order chi connectivity index (χ0) is 11.3. The molecule has 0 spiro atoms. The number of amides is 1. The third-order valence-electron chi connectivity index (χ3n) is 1.58. The summed E-state index contributed by atoms with van der Waals surface area (Å²) in [5, 5.41) is 10.8. The maximum absolute atomic E-state index is 11.4. The number of hydrogen-bond acceptors (Lipinski definition) is 3. The molecule has 0 bridgehead atoms. The summed E-state index contributed by atoms with van der Waals surface area (Å²) in [4.78, 5) is 25.4. The van der Waals surface area contributed by atoms with Crippen molar-refractivity contribution in [1.29, 1.82) is 0 Å². The highest BCUT2D eigenvalue weighted by atomic mass is 79.9. The van der Waals surface area contributed by atoms with Crippen LogP contribution in [0.2, 0.25) is 0 Å². The van der Waals surface area contributed by atoms with E-state index in [1.165, 1.54) is 6.20 Å². The van der Waals surface area contributed by atoms with Gasteiger partial charge in [0.15, 0.2) is 0 Å². The molecule has 0 unspecified atom stereocenters. The predicted molar refractivity (Wildman–Crippen MR) is 56.5 cm³/mol. The summed E-state index contributed by atoms with van der Waals surface area (Å²) in [6.07, 6.45) is 1.41. The molecule has 1 heterocycles. The number of aromatic nitrogens is 1. The van der Waals surface area contributed by atoms with E-state index in [0.29, 0.717) is 0 Å². The smallest absolute Gasteiger partial charge is 0.305 e. The van der Waals surface area contributed by atoms with Gasteiger partial charge in [0, 0.05) is 17.2 Å². The molecule has 0 radical (unpaired) electrons. The Labute approximate surface area is 94.6 Å². The molecule has 80 valence electrons. The number of nitrogens with one attached hydrogen (secondary N) is 1. The molecule has 1 amide bonds. The van der Waals surface area contributed by atoms with E-state index in [1.54, 1.807) is 12.1 Å². The van der Waals surface area contributed by atoms with Gasteiger partial charge in [-0.25, -0.2) is 4.98 Å². The summed E-state index contributed by atoms with van der Waals surface area (Å²) in [6, 6.07) is 3.25. The quantitative estimate of drug-likeness (QED) is 0.859. The molecule has 1 aromatic heterocycles. The molecule has 0 aliphatic rings. The minimum atomic E-state index is -0.945. The van der Waals surface area contributed by atoms with Crippen LogP contribution in [0.25, 0.3) is 0 Å². The van der Waals surface area contributed by atoms with Crippen LogP contribution >= 0.6 is 15.9 Å². The fourth-order valence-electron chi connectivity index (χ4n) is 0.884. The van der Waals surface area contributed by atoms with E-state index in [-0.39, 0.29) is 24.6 Å². The Bertz CT molecular complexity index is 364. The van der Waals surface area contributed by atoms with Crippen LogP contribution in [0.5, 0.6) is 0 Å². The highest BCUT2D eigenvalue weighted by Crippen LogP contribution is 2.07. The molecule has 5 nitrogen and oxygen atoms in total. The van der Waals surface area contributed by atoms with Crippen LogP contribution in [0.15, 0.2) is 22.8 Å². The average Bonchev–Trinajstić information content (AvgIpc) is 2.18. The van der Waals surface area contributed by atoms with Gasteiger partial charge in [-0.05, 0) is 28.1 Å². The Morgan fingerprint density at radius 2 is 2.20 bits per heavy atom. The Morgan fingerprint density at radius 1 is 1.47 bits per heavy atom. The number of carbonyl (C=O) groups is 2. The van der Waals surface area contributed by atoms with Gasteiger partial charge in [0.05, 0.1) is 6.42 Å². The number of carbonyl (C=O) groups excluding carboxylic acids is 1. The number of nitrogens with zero attached hydrogens (tertiary/aromatic N) is 1. The predicted octanol–water partition coefficient (Wildman–Crippen LogP) is 1.05. The highest BCUT2D eigenvalue weighted by Gasteiger charge is 2.06. The average molecular weight is 273 g/mol. The van der Waals surface area contributed by atoms with Gasteiger partial charge in [-0.3, -0.25) is 9.59 Å². The maximum atomic E-state index is 11.4. The van der Waals surface area contributed by atoms with Crippen LogP contribution in [0.1, 0.15) is 16.9 Å². The van der Waals surface area contributed by atoms with Gasteiger partial charge in [-0.2, -0.15) is 0 Å². The van der Waals surface area contributed by atoms with Crippen molar-refractivity contribution in [2.75, 3.05) is 6.54 Å². The molecule has 15 heavy (non-hydrogen) atoms. The van der Waals surface area contributed by atoms with Crippen LogP contribution < -0.4 is 5.32 Å². The van der Waals surface area contributed by atoms with Gasteiger partial charge in [0.2, 0.25) is 0 Å². The van der Waals surface area contributed by atoms with Crippen molar-refractivity contribution in [3.8, 4) is 0 Å². The van der Waals surface area contributed by atoms with Crippen LogP contribution in [0.4, 0.5) is 0 Å². The van der Waals surface area contributed by atoms with Crippen molar-refractivity contribution in [3.05, 3.63) is 28.5 Å². The van der Waals surface area contributed by atoms with Crippen molar-refractivity contribution in [2.45, 2.75) is 6.42 Å². The van der Waals surface area contributed by atoms with Gasteiger partial charge in [-0.15, -0.1) is 0 Å². The first-order valence-electron chi connectivity index (χ1n) is 4.21. The fourth-order valence-corrected chi connectivity index (χ4v) is 1.12. The number of aliphatic carboxylic acids is 1. The molecular weight excluding hydrogens is 264 g/mol. The standard InChI is InChI=1S/C9H9BrN2O3/c10-6-1-2-7(12-5-6)9(15)11-4-3-8(13)14/h1-2,5H,3-4H2,(H,11,15)(H,13,14). The summed E-state index contributed by atoms with van der Waals surface area (Å²) < 4.78 is 0.782. The third kappa shape index (κ3) is 4.07. The first kappa shape index (κ1) is 11.6. The Hall–Kier alpha value is -1.43. The van der Waals surface area contributed by atoms with Gasteiger partial charge >= 0.3 is 5.97 Å². The van der Waals surface area contributed by atoms with Crippen molar-refractivity contribution >= 4 is 27.8 Å². The molecule has 0 fully saturated rings. The summed E-state index contributed by atoms with van der Waals surface area (Å²) in [6.45, 7) is 0.103. The summed E-state index contributed by atoms with van der Waals surface area (Å²) >= 11 is 3.19. The fraction of sp³-hybridized carbons (Fsp3) is 0.222. The van der Waals surface area contributed by atoms with Crippen LogP contribution in [-0.4, -0.2) is 28.5 Å². The topological polar surface area (TPSA) is 79.3 Å². The minimum absolute atomic E-state index is 0.0950. The van der Waals surface area contributed by atoms with Crippen molar-refractivity contribution in [3.63, 3.8) is 0 Å². The van der Waals surface area contributed by atoms with Gasteiger partial charge in [0.1, 0.15) is 5.69 Å². The molecule has 0 saturated carbocycles. The third-order valence-corrected chi connectivity index (χ3v) is 2.05. The van der Waals surface area contributed by atoms with E-state index in [9.17, 15) is 9.59 Å². The second-order valence-corrected chi connectivity index (χ2v) is 3.68. The molecule has 1 aromatic rings. The zero-order valence-corrected chi connectivity index (χ0v) is 9.32. The molecule has 2 N–H and O–H groups in total. The second-order valence-electron chi connectivity index (χ2n) is 2.76. The molecule has 0 aromatic carbocycles. The summed E-state index contributed by atoms with van der Waals surface area (Å²) in [5.41, 5.74) is 0.267. The normalized spacial score (nSPS) is 9.67. The summed E-state index contributed by atoms with van der Waals surface area (Å²) in [5.74, 6) is -1.32. The van der Waals surface area contributed by atoms with E-state index in [4.69, 9.17) is 5.11 Å². The lowest BCUT2D eigenvalue weighted by Crippen LogP contribution is -2.26. The van der Waals surface area contributed by atoms with Crippen LogP contribution in [0, 0.1) is 0 Å². The highest BCUT2D eigenvalue weighted by molar-refractivity contribution is 9.10. The van der Waals surface area contributed by atoms with E-state index < -0.39 is 5.97 Å². The number of carboxylic acids is 1. The van der Waals surface area contributed by atoms with E-state index in [0.717, 1.165) is 4.47 Å². The van der Waals surface area contributed by atoms with Gasteiger partial charge in [-0.1, -0.05) is 0 Å². The van der Waals surface area contributed by atoms with Crippen molar-refractivity contribution in [1.82, 2.24) is 10.3 Å². The Kier molecular flexibility index (Phi) is 4.23. The van der Waals surface area contributed by atoms with Crippen molar-refractivity contribution < 1.29 is 14.7 Å². The number of halogens is 1. The number of hydrogen-bond donors (Lipinski definition) is 2. The largest absolute Gasteiger partial charge is 0.481 e. The van der Waals surface area contributed by atoms with E-state index in [1.807, 2.05) is 0 Å². The van der Waals surface area contributed by atoms with E-state index in [2.05, 4.69) is 26.2 Å². The molecule has 6 heteroatoms. The second kappa shape index (κ2) is 5.45. The minimum Gasteiger partial charge on any atom is -0.481 e. The first-order valence-corrected chi connectivity index (χ1v) is 5.00. The lowest BCUT2D eigenvalue weighted by molar-refractivity contribution is -0.136. The Balaban J connectivity index is 2.47. The van der Waals surface area contributed by atoms with E-state index >= 15 is 0 Å². The lowest BCUT2D eigenvalue weighted by atomic mass is 10.3. The number of carboxylic acid groups (broad SMARTS) is 1. The van der Waals surface area contributed by atoms with Crippen molar-refractivity contribution in [2.24, 2.45) is 0 Å². The zero-order valence-electron chi connectivity index (χ0n) is 7.74. The molecule has 0 aliphatic heterocycles. The molecule has 0 saturated heterocycles. The molecule has 0 atom stereocenters. The molecule has 1 rings (SSSR count). The molecular formula is C9H9BrN2O3. The SMILES string of the molecule is O=C(O)CCNC(=O)c1ccc(Br)cn1. The number of pyridine rings is 1. The maximum Gasteiger partial charge on any atom is 0.305 e. The molecule has 0 aliphatic carbocycles. The first-order chi connectivity index (χ1) is 7.09. The van der Waals surface area contributed by atoms with Crippen LogP contribution in [0.3, 0.4) is 0 Å². The Morgan fingerprint density at radius 3 is 2.73 bits per heavy atom. The monoisotopic (exact) mass is 272 g/mol. The number of rotatable bonds is 4. The lowest BCUT2D eigenvalue weighted by Gasteiger charge is -2.02. The van der Waals surface area contributed by atoms with Gasteiger partial charge in [0.25, 0.3) is 5.91 Å². The van der Waals surface area contributed by atoms with Crippen LogP contribution in [-0.2, 0) is 4.79 Å². The summed E-state index contributed by atoms with van der Waals surface area (Å²) in [7, 11) is 0.